The fraction of sp³-hybridized carbons (Fsp3) is 0.0400. The van der Waals surface area contributed by atoms with Crippen LogP contribution in [0.5, 0.6) is 5.75 Å². The molecule has 0 amide bonds. The monoisotopic (exact) mass is 535 g/mol. The number of halogens is 3. The Labute approximate surface area is 220 Å². The Morgan fingerprint density at radius 1 is 0.944 bits per heavy atom. The standard InChI is InChI=1S/C25H16Cl3N7O/c26-15-3-1-13(2-4-15)24(21-12-31-35-34-21)33-17-7-18-23(32-16-5-6-22(36)19(27)8-16)14(10-29)11-30-25(18)20(28)9-17/h1-9,11-12,24,33,36H,(H,30,32)(H,31,34,35). The zero-order valence-corrected chi connectivity index (χ0v) is 20.6. The molecule has 1 atom stereocenters. The van der Waals surface area contributed by atoms with E-state index in [0.717, 1.165) is 5.56 Å². The Bertz CT molecular complexity index is 1600. The molecule has 0 saturated heterocycles. The zero-order valence-electron chi connectivity index (χ0n) is 18.3. The molecule has 0 radical (unpaired) electrons. The van der Waals surface area contributed by atoms with Crippen molar-refractivity contribution in [2.24, 2.45) is 0 Å². The third-order valence-electron chi connectivity index (χ3n) is 5.51. The van der Waals surface area contributed by atoms with E-state index >= 15 is 0 Å². The van der Waals surface area contributed by atoms with Crippen LogP contribution < -0.4 is 10.6 Å². The summed E-state index contributed by atoms with van der Waals surface area (Å²) in [6, 6.07) is 17.5. The summed E-state index contributed by atoms with van der Waals surface area (Å²) >= 11 is 18.8. The van der Waals surface area contributed by atoms with Gasteiger partial charge in [0, 0.05) is 28.0 Å². The van der Waals surface area contributed by atoms with Crippen molar-refractivity contribution in [3.63, 3.8) is 0 Å². The summed E-state index contributed by atoms with van der Waals surface area (Å²) in [5, 5.41) is 38.8. The fourth-order valence-corrected chi connectivity index (χ4v) is 4.37. The number of aromatic amines is 1. The normalized spacial score (nSPS) is 11.7. The molecule has 0 saturated carbocycles. The summed E-state index contributed by atoms with van der Waals surface area (Å²) in [6.07, 6.45) is 3.09. The highest BCUT2D eigenvalue weighted by atomic mass is 35.5. The summed E-state index contributed by atoms with van der Waals surface area (Å²) in [5.41, 5.74) is 4.14. The van der Waals surface area contributed by atoms with Crippen LogP contribution in [-0.2, 0) is 0 Å². The van der Waals surface area contributed by atoms with Crippen molar-refractivity contribution in [2.75, 3.05) is 10.6 Å². The van der Waals surface area contributed by atoms with Crippen molar-refractivity contribution < 1.29 is 5.11 Å². The molecule has 0 aliphatic heterocycles. The molecule has 36 heavy (non-hydrogen) atoms. The van der Waals surface area contributed by atoms with Crippen LogP contribution in [0.1, 0.15) is 22.9 Å². The molecule has 5 aromatic rings. The van der Waals surface area contributed by atoms with E-state index < -0.39 is 0 Å². The van der Waals surface area contributed by atoms with Crippen molar-refractivity contribution in [1.82, 2.24) is 20.4 Å². The van der Waals surface area contributed by atoms with Gasteiger partial charge in [0.15, 0.2) is 0 Å². The summed E-state index contributed by atoms with van der Waals surface area (Å²) in [5.74, 6) is -0.0436. The lowest BCUT2D eigenvalue weighted by Crippen LogP contribution is -2.13. The van der Waals surface area contributed by atoms with Crippen LogP contribution in [0.3, 0.4) is 0 Å². The number of fused-ring (bicyclic) bond motifs is 1. The topological polar surface area (TPSA) is 123 Å². The lowest BCUT2D eigenvalue weighted by molar-refractivity contribution is 0.475. The number of nitrogens with zero attached hydrogens (tertiary/aromatic N) is 4. The van der Waals surface area contributed by atoms with Crippen molar-refractivity contribution in [1.29, 1.82) is 5.26 Å². The lowest BCUT2D eigenvalue weighted by atomic mass is 10.0. The van der Waals surface area contributed by atoms with Gasteiger partial charge in [-0.1, -0.05) is 46.9 Å². The highest BCUT2D eigenvalue weighted by molar-refractivity contribution is 6.36. The minimum Gasteiger partial charge on any atom is -0.506 e. The predicted octanol–water partition coefficient (Wildman–Crippen LogP) is 6.84. The van der Waals surface area contributed by atoms with Gasteiger partial charge in [-0.05, 0) is 48.0 Å². The summed E-state index contributed by atoms with van der Waals surface area (Å²) < 4.78 is 0. The van der Waals surface area contributed by atoms with Crippen LogP contribution in [0.25, 0.3) is 10.9 Å². The first-order valence-corrected chi connectivity index (χ1v) is 11.7. The first kappa shape index (κ1) is 23.7. The van der Waals surface area contributed by atoms with E-state index in [1.165, 1.54) is 12.3 Å². The molecule has 8 nitrogen and oxygen atoms in total. The molecule has 11 heteroatoms. The van der Waals surface area contributed by atoms with E-state index in [1.807, 2.05) is 18.2 Å². The Morgan fingerprint density at radius 3 is 2.42 bits per heavy atom. The van der Waals surface area contributed by atoms with Gasteiger partial charge in [-0.2, -0.15) is 20.7 Å². The number of pyridine rings is 1. The quantitative estimate of drug-likeness (QED) is 0.175. The van der Waals surface area contributed by atoms with Crippen LogP contribution in [0.4, 0.5) is 17.1 Å². The molecule has 2 heterocycles. The number of benzene rings is 3. The van der Waals surface area contributed by atoms with Crippen molar-refractivity contribution in [3.8, 4) is 11.8 Å². The van der Waals surface area contributed by atoms with Crippen molar-refractivity contribution in [3.05, 3.63) is 98.9 Å². The molecule has 5 rings (SSSR count). The van der Waals surface area contributed by atoms with Gasteiger partial charge in [0.2, 0.25) is 0 Å². The van der Waals surface area contributed by atoms with Gasteiger partial charge in [-0.3, -0.25) is 4.98 Å². The van der Waals surface area contributed by atoms with E-state index in [1.54, 1.807) is 36.5 Å². The first-order valence-electron chi connectivity index (χ1n) is 10.6. The second kappa shape index (κ2) is 9.91. The number of aromatic nitrogens is 4. The second-order valence-electron chi connectivity index (χ2n) is 7.83. The van der Waals surface area contributed by atoms with E-state index in [2.05, 4.69) is 37.1 Å². The molecule has 0 fully saturated rings. The highest BCUT2D eigenvalue weighted by Gasteiger charge is 2.19. The molecule has 178 valence electrons. The van der Waals surface area contributed by atoms with E-state index in [4.69, 9.17) is 34.8 Å². The van der Waals surface area contributed by atoms with Crippen LogP contribution in [0, 0.1) is 11.3 Å². The summed E-state index contributed by atoms with van der Waals surface area (Å²) in [4.78, 5) is 4.39. The van der Waals surface area contributed by atoms with Crippen LogP contribution in [0.15, 0.2) is 67.0 Å². The van der Waals surface area contributed by atoms with Crippen molar-refractivity contribution >= 4 is 62.8 Å². The van der Waals surface area contributed by atoms with Crippen molar-refractivity contribution in [2.45, 2.75) is 6.04 Å². The number of H-pyrrole nitrogens is 1. The Morgan fingerprint density at radius 2 is 1.72 bits per heavy atom. The van der Waals surface area contributed by atoms with E-state index in [-0.39, 0.29) is 16.8 Å². The maximum atomic E-state index is 9.76. The second-order valence-corrected chi connectivity index (χ2v) is 9.08. The van der Waals surface area contributed by atoms with E-state index in [9.17, 15) is 10.4 Å². The average molecular weight is 537 g/mol. The molecule has 0 aliphatic rings. The molecule has 4 N–H and O–H groups in total. The third kappa shape index (κ3) is 4.72. The predicted molar refractivity (Wildman–Crippen MR) is 141 cm³/mol. The Balaban J connectivity index is 1.61. The Hall–Kier alpha value is -4.03. The molecule has 1 unspecified atom stereocenters. The molecular weight excluding hydrogens is 521 g/mol. The van der Waals surface area contributed by atoms with Crippen LogP contribution in [0.2, 0.25) is 15.1 Å². The first-order chi connectivity index (χ1) is 17.4. The minimum absolute atomic E-state index is 0.0436. The minimum atomic E-state index is -0.367. The largest absolute Gasteiger partial charge is 0.506 e. The van der Waals surface area contributed by atoms with Gasteiger partial charge in [0.05, 0.1) is 39.1 Å². The molecule has 0 spiro atoms. The number of phenols is 1. The molecule has 3 aromatic carbocycles. The number of hydrogen-bond donors (Lipinski definition) is 4. The Kier molecular flexibility index (Phi) is 6.53. The third-order valence-corrected chi connectivity index (χ3v) is 6.35. The average Bonchev–Trinajstić information content (AvgIpc) is 3.40. The molecule has 2 aromatic heterocycles. The number of nitriles is 1. The fourth-order valence-electron chi connectivity index (χ4n) is 3.79. The SMILES string of the molecule is N#Cc1cnc2c(Cl)cc(NC(c3ccc(Cl)cc3)c3cn[nH]n3)cc2c1Nc1ccc(O)c(Cl)c1. The molecule has 0 bridgehead atoms. The molecular formula is C25H16Cl3N7O. The number of phenolic OH excluding ortho intramolecular Hbond substituents is 1. The van der Waals surface area contributed by atoms with Gasteiger partial charge < -0.3 is 15.7 Å². The van der Waals surface area contributed by atoms with E-state index in [0.29, 0.717) is 49.3 Å². The van der Waals surface area contributed by atoms with Gasteiger partial charge in [0.1, 0.15) is 17.5 Å². The van der Waals surface area contributed by atoms with Gasteiger partial charge in [-0.15, -0.1) is 0 Å². The summed E-state index contributed by atoms with van der Waals surface area (Å²) in [7, 11) is 0. The molecule has 0 aliphatic carbocycles. The van der Waals surface area contributed by atoms with Crippen LogP contribution >= 0.6 is 34.8 Å². The summed E-state index contributed by atoms with van der Waals surface area (Å²) in [6.45, 7) is 0. The van der Waals surface area contributed by atoms with Gasteiger partial charge in [0.25, 0.3) is 0 Å². The van der Waals surface area contributed by atoms with Crippen LogP contribution in [-0.4, -0.2) is 25.5 Å². The number of aromatic hydroxyl groups is 1. The van der Waals surface area contributed by atoms with Gasteiger partial charge >= 0.3 is 0 Å². The van der Waals surface area contributed by atoms with Gasteiger partial charge in [-0.25, -0.2) is 0 Å². The highest BCUT2D eigenvalue weighted by Crippen LogP contribution is 2.37. The number of anilines is 3. The number of rotatable bonds is 6. The number of hydrogen-bond acceptors (Lipinski definition) is 7. The maximum absolute atomic E-state index is 9.76. The lowest BCUT2D eigenvalue weighted by Gasteiger charge is -2.20. The smallest absolute Gasteiger partial charge is 0.134 e. The zero-order chi connectivity index (χ0) is 25.2. The maximum Gasteiger partial charge on any atom is 0.134 e. The number of nitrogens with one attached hydrogen (secondary N) is 3.